The Bertz CT molecular complexity index is 1750. The van der Waals surface area contributed by atoms with E-state index in [0.717, 1.165) is 0 Å². The van der Waals surface area contributed by atoms with Crippen LogP contribution in [0.3, 0.4) is 0 Å². The van der Waals surface area contributed by atoms with E-state index in [4.69, 9.17) is 21.6 Å². The van der Waals surface area contributed by atoms with Gasteiger partial charge in [0.2, 0.25) is 0 Å². The van der Waals surface area contributed by atoms with Crippen molar-refractivity contribution in [3.63, 3.8) is 0 Å². The number of aryl methyl sites for hydroxylation is 1. The van der Waals surface area contributed by atoms with Gasteiger partial charge in [-0.15, -0.1) is 11.3 Å². The van der Waals surface area contributed by atoms with Crippen LogP contribution in [0.5, 0.6) is 5.75 Å². The molecule has 1 heterocycles. The molecule has 0 fully saturated rings. The Morgan fingerprint density at radius 1 is 1.23 bits per heavy atom. The van der Waals surface area contributed by atoms with E-state index in [-0.39, 0.29) is 34.4 Å². The highest BCUT2D eigenvalue weighted by Gasteiger charge is 2.48. The predicted molar refractivity (Wildman–Crippen MR) is 130 cm³/mol. The second-order valence-electron chi connectivity index (χ2n) is 7.85. The van der Waals surface area contributed by atoms with Gasteiger partial charge in [-0.1, -0.05) is 17.7 Å². The first-order chi connectivity index (χ1) is 17.9. The minimum atomic E-state index is -6.18. The third-order valence-electron chi connectivity index (χ3n) is 5.22. The number of thiophene rings is 1. The van der Waals surface area contributed by atoms with Gasteiger partial charge in [0.05, 0.1) is 21.3 Å². The zero-order chi connectivity index (χ0) is 29.6. The van der Waals surface area contributed by atoms with E-state index in [2.05, 4.69) is 5.73 Å². The van der Waals surface area contributed by atoms with Crippen molar-refractivity contribution in [1.82, 2.24) is 4.72 Å². The van der Waals surface area contributed by atoms with Crippen LogP contribution in [0.4, 0.5) is 13.2 Å². The standard InChI is InChI=1S/C20H18ClF3N3O8PS3/c1-10-16-14(5-4-13(17(16)21)35-7-6-25)37-19(10)39(33,34)27-18(36(28,29)30)11-2-3-12(9-26)15(8-11)38(31,32)20(22,23)24/h2-5,8,18,27H,6-7,25H2,1H3,(H2,28,29,30)/p-1. The summed E-state index contributed by atoms with van der Waals surface area (Å²) in [5.41, 5.74) is -4.15. The first-order valence-corrected chi connectivity index (χ1v) is 16.2. The number of sulfonamides is 1. The number of rotatable bonds is 9. The minimum absolute atomic E-state index is 0.0538. The molecule has 3 aromatic rings. The number of quaternary nitrogens is 1. The molecule has 19 heteroatoms. The molecule has 0 aliphatic rings. The SMILES string of the molecule is Cc1c(S(=O)(=O)NC(c2ccc(C#N)c(S(=O)(=O)C(F)(F)F)c2)P(=O)([O-])[O-])sc2ccc(OCC[NH3+])c(Cl)c12. The maximum absolute atomic E-state index is 13.3. The van der Waals surface area contributed by atoms with E-state index in [0.29, 0.717) is 34.7 Å². The van der Waals surface area contributed by atoms with Crippen LogP contribution < -0.4 is 25.0 Å². The molecule has 0 saturated heterocycles. The molecule has 0 aliphatic carbocycles. The van der Waals surface area contributed by atoms with Gasteiger partial charge in [0.15, 0.2) is 0 Å². The molecular formula is C20H17ClF3N3O8PS3-. The van der Waals surface area contributed by atoms with Crippen LogP contribution in [0.2, 0.25) is 5.02 Å². The predicted octanol–water partition coefficient (Wildman–Crippen LogP) is 1.54. The molecule has 1 unspecified atom stereocenters. The van der Waals surface area contributed by atoms with Crippen LogP contribution in [0, 0.1) is 18.3 Å². The summed E-state index contributed by atoms with van der Waals surface area (Å²) in [7, 11) is -17.1. The maximum Gasteiger partial charge on any atom is 0.501 e. The third kappa shape index (κ3) is 6.09. The number of nitriles is 1. The zero-order valence-corrected chi connectivity index (χ0v) is 23.6. The molecule has 0 saturated carbocycles. The number of sulfone groups is 1. The van der Waals surface area contributed by atoms with Gasteiger partial charge >= 0.3 is 5.51 Å². The van der Waals surface area contributed by atoms with Gasteiger partial charge in [0.1, 0.15) is 29.2 Å². The monoisotopic (exact) mass is 646 g/mol. The third-order valence-corrected chi connectivity index (χ3v) is 11.7. The highest BCUT2D eigenvalue weighted by atomic mass is 35.5. The van der Waals surface area contributed by atoms with E-state index in [1.54, 1.807) is 4.72 Å². The minimum Gasteiger partial charge on any atom is -0.809 e. The number of alkyl halides is 3. The van der Waals surface area contributed by atoms with Crippen LogP contribution >= 0.6 is 30.5 Å². The van der Waals surface area contributed by atoms with Crippen molar-refractivity contribution in [2.24, 2.45) is 0 Å². The summed E-state index contributed by atoms with van der Waals surface area (Å²) in [6.45, 7) is 1.97. The van der Waals surface area contributed by atoms with Gasteiger partial charge in [-0.25, -0.2) is 16.8 Å². The number of fused-ring (bicyclic) bond motifs is 1. The summed E-state index contributed by atoms with van der Waals surface area (Å²) in [6, 6.07) is 5.51. The van der Waals surface area contributed by atoms with Gasteiger partial charge in [-0.3, -0.25) is 0 Å². The van der Waals surface area contributed by atoms with E-state index >= 15 is 0 Å². The molecule has 0 amide bonds. The Morgan fingerprint density at radius 2 is 1.87 bits per heavy atom. The van der Waals surface area contributed by atoms with Crippen LogP contribution in [0.1, 0.15) is 22.5 Å². The number of nitrogens with zero attached hydrogens (tertiary/aromatic N) is 1. The van der Waals surface area contributed by atoms with Crippen LogP contribution in [0.25, 0.3) is 10.1 Å². The molecule has 4 N–H and O–H groups in total. The summed E-state index contributed by atoms with van der Waals surface area (Å²) in [5.74, 6) is -2.50. The molecule has 11 nitrogen and oxygen atoms in total. The number of benzene rings is 2. The van der Waals surface area contributed by atoms with Crippen molar-refractivity contribution in [1.29, 1.82) is 5.26 Å². The first-order valence-electron chi connectivity index (χ1n) is 10.4. The van der Waals surface area contributed by atoms with E-state index in [1.165, 1.54) is 25.1 Å². The molecule has 0 radical (unpaired) electrons. The van der Waals surface area contributed by atoms with Crippen LogP contribution in [0.15, 0.2) is 39.4 Å². The van der Waals surface area contributed by atoms with Gasteiger partial charge in [-0.05, 0) is 49.9 Å². The van der Waals surface area contributed by atoms with Gasteiger partial charge in [-0.2, -0.15) is 23.2 Å². The molecule has 2 aromatic carbocycles. The smallest absolute Gasteiger partial charge is 0.501 e. The Labute approximate surface area is 229 Å². The van der Waals surface area contributed by atoms with Crippen molar-refractivity contribution in [2.45, 2.75) is 27.3 Å². The second-order valence-corrected chi connectivity index (χ2v) is 14.7. The summed E-state index contributed by atoms with van der Waals surface area (Å²) in [4.78, 5) is 22.5. The summed E-state index contributed by atoms with van der Waals surface area (Å²) in [6.07, 6.45) is 0. The van der Waals surface area contributed by atoms with Crippen molar-refractivity contribution in [3.8, 4) is 11.8 Å². The topological polar surface area (TPSA) is 204 Å². The summed E-state index contributed by atoms with van der Waals surface area (Å²) < 4.78 is 109. The van der Waals surface area contributed by atoms with E-state index < -0.39 is 59.0 Å². The van der Waals surface area contributed by atoms with Crippen LogP contribution in [-0.4, -0.2) is 35.5 Å². The number of nitrogens with one attached hydrogen (secondary N) is 1. The zero-order valence-electron chi connectivity index (χ0n) is 19.5. The average molecular weight is 647 g/mol. The van der Waals surface area contributed by atoms with Crippen molar-refractivity contribution in [3.05, 3.63) is 52.0 Å². The lowest BCUT2D eigenvalue weighted by atomic mass is 10.1. The quantitative estimate of drug-likeness (QED) is 0.323. The fourth-order valence-corrected chi connectivity index (χ4v) is 9.13. The van der Waals surface area contributed by atoms with E-state index in [9.17, 15) is 44.4 Å². The normalized spacial score (nSPS) is 13.8. The van der Waals surface area contributed by atoms with E-state index in [1.807, 2.05) is 0 Å². The summed E-state index contributed by atoms with van der Waals surface area (Å²) >= 11 is 7.03. The number of hydrogen-bond donors (Lipinski definition) is 2. The fourth-order valence-electron chi connectivity index (χ4n) is 3.47. The molecule has 1 aromatic heterocycles. The molecule has 0 spiro atoms. The number of halogens is 4. The van der Waals surface area contributed by atoms with Gasteiger partial charge < -0.3 is 24.8 Å². The molecule has 1 atom stereocenters. The fraction of sp³-hybridized carbons (Fsp3) is 0.250. The largest absolute Gasteiger partial charge is 0.809 e. The molecule has 3 rings (SSSR count). The second kappa shape index (κ2) is 11.0. The van der Waals surface area contributed by atoms with Gasteiger partial charge in [0, 0.05) is 10.1 Å². The van der Waals surface area contributed by atoms with Crippen molar-refractivity contribution in [2.75, 3.05) is 13.2 Å². The highest BCUT2D eigenvalue weighted by molar-refractivity contribution is 7.92. The van der Waals surface area contributed by atoms with Crippen molar-refractivity contribution < 1.29 is 54.8 Å². The molecule has 39 heavy (non-hydrogen) atoms. The van der Waals surface area contributed by atoms with Crippen molar-refractivity contribution >= 4 is 60.5 Å². The number of hydrogen-bond acceptors (Lipinski definition) is 10. The Kier molecular flexibility index (Phi) is 8.79. The van der Waals surface area contributed by atoms with Gasteiger partial charge in [0.25, 0.3) is 19.9 Å². The number of ether oxygens (including phenoxy) is 1. The molecule has 212 valence electrons. The Morgan fingerprint density at radius 3 is 2.41 bits per heavy atom. The highest BCUT2D eigenvalue weighted by Crippen LogP contribution is 2.47. The average Bonchev–Trinajstić information content (AvgIpc) is 3.18. The first kappa shape index (κ1) is 31.3. The van der Waals surface area contributed by atoms with Crippen LogP contribution in [-0.2, 0) is 24.4 Å². The Hall–Kier alpha value is -2.26. The molecular weight excluding hydrogens is 630 g/mol. The molecule has 0 aliphatic heterocycles. The Balaban J connectivity index is 2.16. The lowest BCUT2D eigenvalue weighted by Gasteiger charge is -2.38. The molecule has 0 bridgehead atoms. The lowest BCUT2D eigenvalue weighted by Crippen LogP contribution is -2.52. The maximum atomic E-state index is 13.3. The lowest BCUT2D eigenvalue weighted by molar-refractivity contribution is -0.370. The summed E-state index contributed by atoms with van der Waals surface area (Å²) in [5, 5.41) is 9.38.